The highest BCUT2D eigenvalue weighted by Gasteiger charge is 2.20. The van der Waals surface area contributed by atoms with Gasteiger partial charge in [-0.3, -0.25) is 4.79 Å². The monoisotopic (exact) mass is 233 g/mol. The predicted molar refractivity (Wildman–Crippen MR) is 68.6 cm³/mol. The van der Waals surface area contributed by atoms with Gasteiger partial charge in [-0.15, -0.1) is 0 Å². The van der Waals surface area contributed by atoms with E-state index < -0.39 is 0 Å². The van der Waals surface area contributed by atoms with Gasteiger partial charge >= 0.3 is 0 Å². The third-order valence-corrected chi connectivity index (χ3v) is 3.08. The summed E-state index contributed by atoms with van der Waals surface area (Å²) in [6.45, 7) is 1.46. The first kappa shape index (κ1) is 12.1. The molecule has 1 aromatic rings. The molecule has 0 saturated carbocycles. The van der Waals surface area contributed by atoms with Crippen molar-refractivity contribution in [3.63, 3.8) is 0 Å². The Morgan fingerprint density at radius 2 is 2.12 bits per heavy atom. The van der Waals surface area contributed by atoms with E-state index >= 15 is 0 Å². The smallest absolute Gasteiger partial charge is 0.241 e. The van der Waals surface area contributed by atoms with Crippen molar-refractivity contribution in [3.05, 3.63) is 29.8 Å². The van der Waals surface area contributed by atoms with Crippen LogP contribution in [-0.4, -0.2) is 18.5 Å². The van der Waals surface area contributed by atoms with Crippen LogP contribution < -0.4 is 16.4 Å². The standard InChI is InChI=1S/C13H19N3O/c14-9-10-4-6-11(7-5-10)16-13(17)12-3-1-2-8-15-12/h4-7,12,15H,1-3,8-9,14H2,(H,16,17). The summed E-state index contributed by atoms with van der Waals surface area (Å²) in [4.78, 5) is 11.9. The Bertz CT molecular complexity index is 369. The third kappa shape index (κ3) is 3.28. The summed E-state index contributed by atoms with van der Waals surface area (Å²) in [5.41, 5.74) is 7.42. The number of hydrogen-bond donors (Lipinski definition) is 3. The molecule has 1 atom stereocenters. The third-order valence-electron chi connectivity index (χ3n) is 3.08. The van der Waals surface area contributed by atoms with Crippen LogP contribution in [0.15, 0.2) is 24.3 Å². The lowest BCUT2D eigenvalue weighted by Crippen LogP contribution is -2.43. The first-order valence-electron chi connectivity index (χ1n) is 6.13. The minimum atomic E-state index is -0.0436. The predicted octanol–water partition coefficient (Wildman–Crippen LogP) is 1.23. The van der Waals surface area contributed by atoms with Crippen LogP contribution in [0.3, 0.4) is 0 Å². The quantitative estimate of drug-likeness (QED) is 0.735. The molecule has 0 radical (unpaired) electrons. The lowest BCUT2D eigenvalue weighted by molar-refractivity contribution is -0.118. The Kier molecular flexibility index (Phi) is 4.12. The van der Waals surface area contributed by atoms with Gasteiger partial charge in [0.15, 0.2) is 0 Å². The fourth-order valence-electron chi connectivity index (χ4n) is 2.03. The minimum absolute atomic E-state index is 0.0436. The maximum atomic E-state index is 11.9. The van der Waals surface area contributed by atoms with Gasteiger partial charge in [-0.2, -0.15) is 0 Å². The zero-order valence-electron chi connectivity index (χ0n) is 9.91. The van der Waals surface area contributed by atoms with Crippen molar-refractivity contribution in [1.82, 2.24) is 5.32 Å². The van der Waals surface area contributed by atoms with Crippen molar-refractivity contribution >= 4 is 11.6 Å². The largest absolute Gasteiger partial charge is 0.326 e. The molecule has 1 aliphatic rings. The molecule has 4 heteroatoms. The summed E-state index contributed by atoms with van der Waals surface area (Å²) >= 11 is 0. The molecule has 1 heterocycles. The fraction of sp³-hybridized carbons (Fsp3) is 0.462. The summed E-state index contributed by atoms with van der Waals surface area (Å²) in [5.74, 6) is 0.0604. The second-order valence-corrected chi connectivity index (χ2v) is 4.39. The molecule has 0 bridgehead atoms. The van der Waals surface area contributed by atoms with Crippen molar-refractivity contribution in [2.24, 2.45) is 5.73 Å². The maximum absolute atomic E-state index is 11.9. The van der Waals surface area contributed by atoms with Crippen LogP contribution >= 0.6 is 0 Å². The highest BCUT2D eigenvalue weighted by atomic mass is 16.2. The molecule has 4 nitrogen and oxygen atoms in total. The molecule has 2 rings (SSSR count). The van der Waals surface area contributed by atoms with E-state index in [2.05, 4.69) is 10.6 Å². The Labute approximate surface area is 102 Å². The molecule has 0 aromatic heterocycles. The van der Waals surface area contributed by atoms with E-state index in [1.54, 1.807) is 0 Å². The first-order chi connectivity index (χ1) is 8.29. The molecule has 1 amide bonds. The van der Waals surface area contributed by atoms with Crippen molar-refractivity contribution in [3.8, 4) is 0 Å². The van der Waals surface area contributed by atoms with Gasteiger partial charge in [-0.1, -0.05) is 18.6 Å². The van der Waals surface area contributed by atoms with Crippen LogP contribution in [0.25, 0.3) is 0 Å². The lowest BCUT2D eigenvalue weighted by Gasteiger charge is -2.22. The first-order valence-corrected chi connectivity index (χ1v) is 6.13. The average molecular weight is 233 g/mol. The van der Waals surface area contributed by atoms with Gasteiger partial charge in [0, 0.05) is 12.2 Å². The molecular weight excluding hydrogens is 214 g/mol. The number of carbonyl (C=O) groups is 1. The van der Waals surface area contributed by atoms with E-state index in [0.29, 0.717) is 6.54 Å². The van der Waals surface area contributed by atoms with E-state index in [0.717, 1.165) is 37.1 Å². The summed E-state index contributed by atoms with van der Waals surface area (Å²) in [6.07, 6.45) is 3.21. The second-order valence-electron chi connectivity index (χ2n) is 4.39. The van der Waals surface area contributed by atoms with Gasteiger partial charge < -0.3 is 16.4 Å². The van der Waals surface area contributed by atoms with Gasteiger partial charge in [0.05, 0.1) is 6.04 Å². The summed E-state index contributed by atoms with van der Waals surface area (Å²) in [6, 6.07) is 7.61. The molecule has 1 aliphatic heterocycles. The Balaban J connectivity index is 1.92. The lowest BCUT2D eigenvalue weighted by atomic mass is 10.0. The molecule has 1 saturated heterocycles. The molecule has 0 spiro atoms. The van der Waals surface area contributed by atoms with Crippen LogP contribution in [-0.2, 0) is 11.3 Å². The number of benzene rings is 1. The number of carbonyl (C=O) groups excluding carboxylic acids is 1. The van der Waals surface area contributed by atoms with Crippen LogP contribution in [0.5, 0.6) is 0 Å². The van der Waals surface area contributed by atoms with Gasteiger partial charge in [0.1, 0.15) is 0 Å². The second kappa shape index (κ2) is 5.80. The summed E-state index contributed by atoms with van der Waals surface area (Å²) in [7, 11) is 0. The maximum Gasteiger partial charge on any atom is 0.241 e. The summed E-state index contributed by atoms with van der Waals surface area (Å²) < 4.78 is 0. The highest BCUT2D eigenvalue weighted by Crippen LogP contribution is 2.12. The zero-order chi connectivity index (χ0) is 12.1. The topological polar surface area (TPSA) is 67.1 Å². The van der Waals surface area contributed by atoms with E-state index in [-0.39, 0.29) is 11.9 Å². The molecule has 0 aliphatic carbocycles. The van der Waals surface area contributed by atoms with Gasteiger partial charge in [-0.25, -0.2) is 0 Å². The highest BCUT2D eigenvalue weighted by molar-refractivity contribution is 5.94. The molecule has 4 N–H and O–H groups in total. The molecular formula is C13H19N3O. The van der Waals surface area contributed by atoms with Gasteiger partial charge in [0.25, 0.3) is 0 Å². The van der Waals surface area contributed by atoms with Crippen LogP contribution in [0.4, 0.5) is 5.69 Å². The number of piperidine rings is 1. The zero-order valence-corrected chi connectivity index (χ0v) is 9.91. The Hall–Kier alpha value is -1.39. The Morgan fingerprint density at radius 3 is 2.71 bits per heavy atom. The minimum Gasteiger partial charge on any atom is -0.326 e. The van der Waals surface area contributed by atoms with Crippen LogP contribution in [0, 0.1) is 0 Å². The SMILES string of the molecule is NCc1ccc(NC(=O)C2CCCCN2)cc1. The van der Waals surface area contributed by atoms with Crippen molar-refractivity contribution in [1.29, 1.82) is 0 Å². The van der Waals surface area contributed by atoms with Crippen molar-refractivity contribution < 1.29 is 4.79 Å². The molecule has 92 valence electrons. The molecule has 17 heavy (non-hydrogen) atoms. The van der Waals surface area contributed by atoms with Gasteiger partial charge in [-0.05, 0) is 37.1 Å². The molecule has 1 aromatic carbocycles. The van der Waals surface area contributed by atoms with E-state index in [1.165, 1.54) is 0 Å². The van der Waals surface area contributed by atoms with Gasteiger partial charge in [0.2, 0.25) is 5.91 Å². The number of hydrogen-bond acceptors (Lipinski definition) is 3. The normalized spacial score (nSPS) is 19.9. The van der Waals surface area contributed by atoms with Crippen molar-refractivity contribution in [2.75, 3.05) is 11.9 Å². The molecule has 1 fully saturated rings. The number of nitrogens with two attached hydrogens (primary N) is 1. The molecule has 1 unspecified atom stereocenters. The number of nitrogens with one attached hydrogen (secondary N) is 2. The van der Waals surface area contributed by atoms with E-state index in [4.69, 9.17) is 5.73 Å². The van der Waals surface area contributed by atoms with Crippen molar-refractivity contribution in [2.45, 2.75) is 31.8 Å². The number of amides is 1. The van der Waals surface area contributed by atoms with Crippen LogP contribution in [0.1, 0.15) is 24.8 Å². The Morgan fingerprint density at radius 1 is 1.35 bits per heavy atom. The number of anilines is 1. The summed E-state index contributed by atoms with van der Waals surface area (Å²) in [5, 5.41) is 6.15. The van der Waals surface area contributed by atoms with E-state index in [1.807, 2.05) is 24.3 Å². The van der Waals surface area contributed by atoms with Crippen LogP contribution in [0.2, 0.25) is 0 Å². The van der Waals surface area contributed by atoms with E-state index in [9.17, 15) is 4.79 Å². The fourth-order valence-corrected chi connectivity index (χ4v) is 2.03. The number of rotatable bonds is 3. The average Bonchev–Trinajstić information content (AvgIpc) is 2.40.